The quantitative estimate of drug-likeness (QED) is 0.778. The molecule has 0 fully saturated rings. The number of anilines is 1. The predicted octanol–water partition coefficient (Wildman–Crippen LogP) is 3.93. The summed E-state index contributed by atoms with van der Waals surface area (Å²) in [7, 11) is 0. The molecule has 0 aromatic heterocycles. The van der Waals surface area contributed by atoms with Gasteiger partial charge in [0.05, 0.1) is 16.1 Å². The Kier molecular flexibility index (Phi) is 5.65. The van der Waals surface area contributed by atoms with Crippen LogP contribution in [-0.4, -0.2) is 19.1 Å². The zero-order valence-electron chi connectivity index (χ0n) is 11.5. The molecule has 2 rings (SSSR count). The normalized spacial score (nSPS) is 9.86. The molecule has 0 aliphatic rings. The average Bonchev–Trinajstić information content (AvgIpc) is 2.52. The van der Waals surface area contributed by atoms with Crippen molar-refractivity contribution in [3.8, 4) is 11.8 Å². The van der Waals surface area contributed by atoms with E-state index in [4.69, 9.17) is 33.2 Å². The monoisotopic (exact) mass is 334 g/mol. The van der Waals surface area contributed by atoms with Crippen LogP contribution in [0.5, 0.6) is 5.75 Å². The molecule has 0 bridgehead atoms. The number of amides is 1. The van der Waals surface area contributed by atoms with Crippen molar-refractivity contribution in [2.75, 3.05) is 18.1 Å². The van der Waals surface area contributed by atoms with E-state index >= 15 is 0 Å². The van der Waals surface area contributed by atoms with Gasteiger partial charge in [-0.1, -0.05) is 47.5 Å². The summed E-state index contributed by atoms with van der Waals surface area (Å²) < 4.78 is 5.41. The summed E-state index contributed by atoms with van der Waals surface area (Å²) in [6.45, 7) is -0.331. The molecular weight excluding hydrogens is 323 g/mol. The first kappa shape index (κ1) is 16.2. The molecule has 0 spiro atoms. The van der Waals surface area contributed by atoms with E-state index in [0.717, 1.165) is 0 Å². The first-order chi connectivity index (χ1) is 10.6. The predicted molar refractivity (Wildman–Crippen MR) is 86.4 cm³/mol. The molecule has 112 valence electrons. The Morgan fingerprint density at radius 3 is 2.32 bits per heavy atom. The molecule has 0 saturated carbocycles. The molecule has 0 heterocycles. The van der Waals surface area contributed by atoms with E-state index < -0.39 is 0 Å². The van der Waals surface area contributed by atoms with E-state index in [1.165, 1.54) is 4.90 Å². The Morgan fingerprint density at radius 2 is 1.73 bits per heavy atom. The minimum atomic E-state index is -0.358. The largest absolute Gasteiger partial charge is 0.481 e. The second-order valence-electron chi connectivity index (χ2n) is 4.31. The van der Waals surface area contributed by atoms with Gasteiger partial charge in [0.2, 0.25) is 0 Å². The minimum absolute atomic E-state index is 0.0670. The van der Waals surface area contributed by atoms with Gasteiger partial charge < -0.3 is 4.74 Å². The van der Waals surface area contributed by atoms with Gasteiger partial charge in [-0.25, -0.2) is 0 Å². The van der Waals surface area contributed by atoms with Gasteiger partial charge in [0.15, 0.2) is 12.4 Å². The number of carbonyl (C=O) groups excluding carboxylic acids is 1. The zero-order chi connectivity index (χ0) is 15.9. The summed E-state index contributed by atoms with van der Waals surface area (Å²) in [5.74, 6) is -0.104. The number of hydrogen-bond donors (Lipinski definition) is 0. The molecule has 0 N–H and O–H groups in total. The molecule has 0 radical (unpaired) electrons. The number of para-hydroxylation sites is 2. The van der Waals surface area contributed by atoms with Crippen molar-refractivity contribution in [3.63, 3.8) is 0 Å². The van der Waals surface area contributed by atoms with Crippen LogP contribution in [0.1, 0.15) is 0 Å². The summed E-state index contributed by atoms with van der Waals surface area (Å²) in [5, 5.41) is 9.55. The number of carbonyl (C=O) groups is 1. The van der Waals surface area contributed by atoms with Crippen molar-refractivity contribution in [1.29, 1.82) is 5.26 Å². The van der Waals surface area contributed by atoms with Gasteiger partial charge in [-0.05, 0) is 24.3 Å². The fraction of sp³-hybridized carbons (Fsp3) is 0.125. The van der Waals surface area contributed by atoms with Crippen LogP contribution in [0, 0.1) is 11.3 Å². The van der Waals surface area contributed by atoms with Crippen molar-refractivity contribution in [2.24, 2.45) is 0 Å². The number of rotatable bonds is 5. The zero-order valence-corrected chi connectivity index (χ0v) is 13.0. The first-order valence-corrected chi connectivity index (χ1v) is 7.18. The highest BCUT2D eigenvalue weighted by Gasteiger charge is 2.17. The van der Waals surface area contributed by atoms with Gasteiger partial charge in [-0.3, -0.25) is 9.69 Å². The Hall–Kier alpha value is -2.22. The molecule has 6 heteroatoms. The van der Waals surface area contributed by atoms with Gasteiger partial charge in [0.1, 0.15) is 6.54 Å². The van der Waals surface area contributed by atoms with Crippen LogP contribution in [0.3, 0.4) is 0 Å². The summed E-state index contributed by atoms with van der Waals surface area (Å²) in [4.78, 5) is 13.6. The van der Waals surface area contributed by atoms with Crippen LogP contribution in [0.15, 0.2) is 48.5 Å². The van der Waals surface area contributed by atoms with Crippen molar-refractivity contribution < 1.29 is 9.53 Å². The maximum Gasteiger partial charge on any atom is 0.265 e. The van der Waals surface area contributed by atoms with Crippen LogP contribution < -0.4 is 9.64 Å². The van der Waals surface area contributed by atoms with E-state index in [1.807, 2.05) is 12.1 Å². The molecule has 0 aliphatic heterocycles. The Bertz CT molecular complexity index is 679. The maximum absolute atomic E-state index is 12.3. The van der Waals surface area contributed by atoms with Crippen LogP contribution >= 0.6 is 23.2 Å². The molecule has 0 saturated heterocycles. The molecule has 0 aliphatic carbocycles. The van der Waals surface area contributed by atoms with E-state index in [0.29, 0.717) is 15.7 Å². The third-order valence-electron chi connectivity index (χ3n) is 2.86. The highest BCUT2D eigenvalue weighted by molar-refractivity contribution is 6.37. The second kappa shape index (κ2) is 7.69. The highest BCUT2D eigenvalue weighted by atomic mass is 35.5. The molecule has 2 aromatic rings. The SMILES string of the molecule is N#CCN(C(=O)COc1c(Cl)cccc1Cl)c1ccccc1. The smallest absolute Gasteiger partial charge is 0.265 e. The summed E-state index contributed by atoms with van der Waals surface area (Å²) in [6.07, 6.45) is 0. The second-order valence-corrected chi connectivity index (χ2v) is 5.13. The summed E-state index contributed by atoms with van der Waals surface area (Å²) >= 11 is 12.0. The maximum atomic E-state index is 12.3. The standard InChI is InChI=1S/C16H12Cl2N2O2/c17-13-7-4-8-14(18)16(13)22-11-15(21)20(10-9-19)12-5-2-1-3-6-12/h1-8H,10-11H2. The van der Waals surface area contributed by atoms with Crippen LogP contribution in [-0.2, 0) is 4.79 Å². The van der Waals surface area contributed by atoms with Crippen LogP contribution in [0.2, 0.25) is 10.0 Å². The van der Waals surface area contributed by atoms with Crippen molar-refractivity contribution in [3.05, 3.63) is 58.6 Å². The van der Waals surface area contributed by atoms with Gasteiger partial charge in [-0.2, -0.15) is 5.26 Å². The van der Waals surface area contributed by atoms with Gasteiger partial charge in [-0.15, -0.1) is 0 Å². The molecule has 0 unspecified atom stereocenters. The lowest BCUT2D eigenvalue weighted by atomic mass is 10.3. The fourth-order valence-corrected chi connectivity index (χ4v) is 2.34. The first-order valence-electron chi connectivity index (χ1n) is 6.42. The lowest BCUT2D eigenvalue weighted by Crippen LogP contribution is -2.35. The Labute approximate surface area is 138 Å². The number of hydrogen-bond acceptors (Lipinski definition) is 3. The van der Waals surface area contributed by atoms with E-state index in [2.05, 4.69) is 0 Å². The van der Waals surface area contributed by atoms with Gasteiger partial charge in [0, 0.05) is 5.69 Å². The third kappa shape index (κ3) is 3.91. The molecule has 0 atom stereocenters. The molecular formula is C16H12Cl2N2O2. The van der Waals surface area contributed by atoms with E-state index in [9.17, 15) is 4.79 Å². The number of halogens is 2. The number of nitrogens with zero attached hydrogens (tertiary/aromatic N) is 2. The number of benzene rings is 2. The Balaban J connectivity index is 2.11. The molecule has 2 aromatic carbocycles. The summed E-state index contributed by atoms with van der Waals surface area (Å²) in [6, 6.07) is 15.8. The average molecular weight is 335 g/mol. The minimum Gasteiger partial charge on any atom is -0.481 e. The lowest BCUT2D eigenvalue weighted by Gasteiger charge is -2.20. The summed E-state index contributed by atoms with van der Waals surface area (Å²) in [5.41, 5.74) is 0.628. The van der Waals surface area contributed by atoms with E-state index in [1.54, 1.807) is 42.5 Å². The highest BCUT2D eigenvalue weighted by Crippen LogP contribution is 2.32. The Morgan fingerprint density at radius 1 is 1.09 bits per heavy atom. The van der Waals surface area contributed by atoms with Crippen molar-refractivity contribution in [1.82, 2.24) is 0 Å². The molecule has 1 amide bonds. The van der Waals surface area contributed by atoms with Crippen molar-refractivity contribution in [2.45, 2.75) is 0 Å². The van der Waals surface area contributed by atoms with Crippen molar-refractivity contribution >= 4 is 34.8 Å². The fourth-order valence-electron chi connectivity index (χ4n) is 1.83. The number of ether oxygens (including phenoxy) is 1. The lowest BCUT2D eigenvalue weighted by molar-refractivity contribution is -0.120. The molecule has 22 heavy (non-hydrogen) atoms. The van der Waals surface area contributed by atoms with Crippen LogP contribution in [0.25, 0.3) is 0 Å². The topological polar surface area (TPSA) is 53.3 Å². The van der Waals surface area contributed by atoms with Gasteiger partial charge in [0.25, 0.3) is 5.91 Å². The number of nitriles is 1. The van der Waals surface area contributed by atoms with Crippen LogP contribution in [0.4, 0.5) is 5.69 Å². The van der Waals surface area contributed by atoms with E-state index in [-0.39, 0.29) is 24.8 Å². The van der Waals surface area contributed by atoms with Gasteiger partial charge >= 0.3 is 0 Å². The third-order valence-corrected chi connectivity index (χ3v) is 3.45. The molecule has 4 nitrogen and oxygen atoms in total.